The molecule has 0 spiro atoms. The molecule has 0 radical (unpaired) electrons. The van der Waals surface area contributed by atoms with Crippen molar-refractivity contribution >= 4 is 50.8 Å². The zero-order chi connectivity index (χ0) is 17.9. The molecule has 1 saturated heterocycles. The van der Waals surface area contributed by atoms with Crippen molar-refractivity contribution in [3.8, 4) is 0 Å². The molecule has 0 unspecified atom stereocenters. The van der Waals surface area contributed by atoms with Crippen LogP contribution < -0.4 is 5.32 Å². The van der Waals surface area contributed by atoms with Gasteiger partial charge in [0.25, 0.3) is 0 Å². The molecule has 7 heteroatoms. The van der Waals surface area contributed by atoms with Gasteiger partial charge in [-0.05, 0) is 29.8 Å². The van der Waals surface area contributed by atoms with Gasteiger partial charge in [0, 0.05) is 12.1 Å². The number of nitrogens with zero attached hydrogens (tertiary/aromatic N) is 2. The molecule has 0 saturated carbocycles. The number of anilines is 1. The van der Waals surface area contributed by atoms with Crippen LogP contribution in [-0.2, 0) is 16.0 Å². The van der Waals surface area contributed by atoms with Crippen LogP contribution in [0.2, 0.25) is 0 Å². The molecule has 4 rings (SSSR count). The van der Waals surface area contributed by atoms with Crippen LogP contribution in [-0.4, -0.2) is 39.9 Å². The number of aromatic nitrogens is 1. The van der Waals surface area contributed by atoms with Crippen molar-refractivity contribution in [3.05, 3.63) is 59.1 Å². The van der Waals surface area contributed by atoms with Crippen LogP contribution in [0, 0.1) is 0 Å². The van der Waals surface area contributed by atoms with Gasteiger partial charge in [-0.3, -0.25) is 9.59 Å². The number of carbonyl (C=O) groups is 2. The van der Waals surface area contributed by atoms with Crippen LogP contribution in [0.5, 0.6) is 0 Å². The number of para-hydroxylation sites is 1. The number of fused-ring (bicyclic) bond motifs is 1. The number of thiazole rings is 1. The van der Waals surface area contributed by atoms with Crippen molar-refractivity contribution in [2.75, 3.05) is 23.5 Å². The molecule has 0 atom stereocenters. The first kappa shape index (κ1) is 17.1. The summed E-state index contributed by atoms with van der Waals surface area (Å²) in [6.07, 6.45) is 0.771. The minimum absolute atomic E-state index is 0.0244. The SMILES string of the molecule is O=C(CN1CSCC1=O)Nc1ccc(Cc2nc3ccccc3s2)cc1. The lowest BCUT2D eigenvalue weighted by molar-refractivity contribution is -0.130. The molecule has 2 aromatic carbocycles. The van der Waals surface area contributed by atoms with Gasteiger partial charge in [0.1, 0.15) is 6.54 Å². The minimum atomic E-state index is -0.167. The second-order valence-corrected chi connectivity index (χ2v) is 8.14. The number of carbonyl (C=O) groups excluding carboxylic acids is 2. The van der Waals surface area contributed by atoms with Gasteiger partial charge >= 0.3 is 0 Å². The molecular formula is C19H17N3O2S2. The molecule has 1 aliphatic rings. The largest absolute Gasteiger partial charge is 0.325 e. The van der Waals surface area contributed by atoms with Crippen molar-refractivity contribution < 1.29 is 9.59 Å². The highest BCUT2D eigenvalue weighted by Crippen LogP contribution is 2.24. The quantitative estimate of drug-likeness (QED) is 0.734. The fourth-order valence-corrected chi connectivity index (χ4v) is 4.70. The molecule has 3 aromatic rings. The summed E-state index contributed by atoms with van der Waals surface area (Å²) < 4.78 is 1.20. The van der Waals surface area contributed by atoms with Gasteiger partial charge in [0.15, 0.2) is 0 Å². The summed E-state index contributed by atoms with van der Waals surface area (Å²) in [7, 11) is 0. The normalized spacial score (nSPS) is 14.2. The smallest absolute Gasteiger partial charge is 0.244 e. The summed E-state index contributed by atoms with van der Waals surface area (Å²) >= 11 is 3.24. The van der Waals surface area contributed by atoms with E-state index in [9.17, 15) is 9.59 Å². The number of hydrogen-bond acceptors (Lipinski definition) is 5. The van der Waals surface area contributed by atoms with E-state index >= 15 is 0 Å². The maximum absolute atomic E-state index is 12.1. The Morgan fingerprint density at radius 2 is 1.96 bits per heavy atom. The Balaban J connectivity index is 1.37. The maximum Gasteiger partial charge on any atom is 0.244 e. The zero-order valence-corrected chi connectivity index (χ0v) is 15.6. The molecule has 0 aliphatic carbocycles. The first-order valence-electron chi connectivity index (χ1n) is 8.26. The van der Waals surface area contributed by atoms with Gasteiger partial charge in [-0.15, -0.1) is 23.1 Å². The lowest BCUT2D eigenvalue weighted by atomic mass is 10.1. The van der Waals surface area contributed by atoms with E-state index in [1.165, 1.54) is 16.5 Å². The maximum atomic E-state index is 12.1. The summed E-state index contributed by atoms with van der Waals surface area (Å²) in [5.74, 6) is 0.914. The Morgan fingerprint density at radius 3 is 2.69 bits per heavy atom. The van der Waals surface area contributed by atoms with E-state index in [0.717, 1.165) is 28.2 Å². The Bertz CT molecular complexity index is 920. The van der Waals surface area contributed by atoms with Crippen molar-refractivity contribution in [1.29, 1.82) is 0 Å². The molecule has 2 amide bonds. The standard InChI is InChI=1S/C19H17N3O2S2/c23-17(10-22-12-25-11-19(22)24)20-14-7-5-13(6-8-14)9-18-21-15-3-1-2-4-16(15)26-18/h1-8H,9-12H2,(H,20,23). The van der Waals surface area contributed by atoms with Crippen LogP contribution in [0.25, 0.3) is 10.2 Å². The number of nitrogens with one attached hydrogen (secondary N) is 1. The molecule has 2 heterocycles. The first-order chi connectivity index (χ1) is 12.7. The summed E-state index contributed by atoms with van der Waals surface area (Å²) in [4.78, 5) is 29.9. The van der Waals surface area contributed by atoms with Crippen LogP contribution in [0.3, 0.4) is 0 Å². The van der Waals surface area contributed by atoms with Gasteiger partial charge in [-0.2, -0.15) is 0 Å². The first-order valence-corrected chi connectivity index (χ1v) is 10.2. The third kappa shape index (κ3) is 3.89. The molecule has 0 bridgehead atoms. The van der Waals surface area contributed by atoms with E-state index in [1.807, 2.05) is 42.5 Å². The third-order valence-electron chi connectivity index (χ3n) is 4.09. The van der Waals surface area contributed by atoms with Gasteiger partial charge in [0.05, 0.1) is 26.9 Å². The average Bonchev–Trinajstić information content (AvgIpc) is 3.22. The second-order valence-electron chi connectivity index (χ2n) is 6.07. The Kier molecular flexibility index (Phi) is 4.90. The van der Waals surface area contributed by atoms with Crippen LogP contribution in [0.15, 0.2) is 48.5 Å². The summed E-state index contributed by atoms with van der Waals surface area (Å²) in [5.41, 5.74) is 2.92. The number of thioether (sulfide) groups is 1. The Hall–Kier alpha value is -2.38. The van der Waals surface area contributed by atoms with E-state index in [1.54, 1.807) is 16.2 Å². The molecular weight excluding hydrogens is 366 g/mol. The average molecular weight is 383 g/mol. The fraction of sp³-hybridized carbons (Fsp3) is 0.211. The van der Waals surface area contributed by atoms with E-state index in [0.29, 0.717) is 11.6 Å². The highest BCUT2D eigenvalue weighted by Gasteiger charge is 2.22. The molecule has 5 nitrogen and oxygen atoms in total. The van der Waals surface area contributed by atoms with Crippen LogP contribution in [0.4, 0.5) is 5.69 Å². The number of hydrogen-bond donors (Lipinski definition) is 1. The Labute approximate surface area is 159 Å². The van der Waals surface area contributed by atoms with Gasteiger partial charge < -0.3 is 10.2 Å². The van der Waals surface area contributed by atoms with E-state index < -0.39 is 0 Å². The van der Waals surface area contributed by atoms with Crippen molar-refractivity contribution in [3.63, 3.8) is 0 Å². The topological polar surface area (TPSA) is 62.3 Å². The number of benzene rings is 2. The number of amides is 2. The predicted octanol–water partition coefficient (Wildman–Crippen LogP) is 3.36. The van der Waals surface area contributed by atoms with Crippen LogP contribution >= 0.6 is 23.1 Å². The molecule has 1 aliphatic heterocycles. The van der Waals surface area contributed by atoms with E-state index in [-0.39, 0.29) is 18.4 Å². The van der Waals surface area contributed by atoms with E-state index in [2.05, 4.69) is 16.4 Å². The van der Waals surface area contributed by atoms with Crippen molar-refractivity contribution in [2.24, 2.45) is 0 Å². The highest BCUT2D eigenvalue weighted by molar-refractivity contribution is 8.00. The second kappa shape index (κ2) is 7.47. The van der Waals surface area contributed by atoms with Crippen LogP contribution in [0.1, 0.15) is 10.6 Å². The third-order valence-corrected chi connectivity index (χ3v) is 6.07. The number of rotatable bonds is 5. The monoisotopic (exact) mass is 383 g/mol. The van der Waals surface area contributed by atoms with Gasteiger partial charge in [0.2, 0.25) is 11.8 Å². The highest BCUT2D eigenvalue weighted by atomic mass is 32.2. The van der Waals surface area contributed by atoms with Crippen molar-refractivity contribution in [2.45, 2.75) is 6.42 Å². The lowest BCUT2D eigenvalue weighted by Crippen LogP contribution is -2.34. The molecule has 26 heavy (non-hydrogen) atoms. The summed E-state index contributed by atoms with van der Waals surface area (Å²) in [6, 6.07) is 15.9. The minimum Gasteiger partial charge on any atom is -0.325 e. The van der Waals surface area contributed by atoms with Crippen molar-refractivity contribution in [1.82, 2.24) is 9.88 Å². The fourth-order valence-electron chi connectivity index (χ4n) is 2.79. The van der Waals surface area contributed by atoms with Gasteiger partial charge in [-0.25, -0.2) is 4.98 Å². The molecule has 1 aromatic heterocycles. The van der Waals surface area contributed by atoms with Gasteiger partial charge in [-0.1, -0.05) is 24.3 Å². The lowest BCUT2D eigenvalue weighted by Gasteiger charge is -2.14. The molecule has 1 fully saturated rings. The predicted molar refractivity (Wildman–Crippen MR) is 107 cm³/mol. The summed E-state index contributed by atoms with van der Waals surface area (Å²) in [6.45, 7) is 0.110. The Morgan fingerprint density at radius 1 is 1.15 bits per heavy atom. The molecule has 132 valence electrons. The molecule has 1 N–H and O–H groups in total. The van der Waals surface area contributed by atoms with E-state index in [4.69, 9.17) is 0 Å². The summed E-state index contributed by atoms with van der Waals surface area (Å²) in [5, 5.41) is 3.92. The zero-order valence-electron chi connectivity index (χ0n) is 14.0.